The van der Waals surface area contributed by atoms with Gasteiger partial charge in [-0.05, 0) is 39.3 Å². The lowest BCUT2D eigenvalue weighted by molar-refractivity contribution is 0.0987. The molecule has 1 saturated heterocycles. The van der Waals surface area contributed by atoms with Gasteiger partial charge in [-0.15, -0.1) is 0 Å². The number of rotatable bonds is 5. The van der Waals surface area contributed by atoms with Crippen LogP contribution in [0, 0.1) is 6.92 Å². The van der Waals surface area contributed by atoms with Crippen LogP contribution in [0.4, 0.5) is 5.69 Å². The quantitative estimate of drug-likeness (QED) is 0.852. The third-order valence-corrected chi connectivity index (χ3v) is 4.09. The summed E-state index contributed by atoms with van der Waals surface area (Å²) < 4.78 is 0. The Morgan fingerprint density at radius 1 is 1.16 bits per heavy atom. The van der Waals surface area contributed by atoms with Gasteiger partial charge in [0.15, 0.2) is 0 Å². The highest BCUT2D eigenvalue weighted by Gasteiger charge is 2.26. The third-order valence-electron chi connectivity index (χ3n) is 4.09. The molecule has 0 unspecified atom stereocenters. The summed E-state index contributed by atoms with van der Waals surface area (Å²) in [6, 6.07) is 8.63. The molecule has 0 aromatic heterocycles. The topological polar surface area (TPSA) is 27.3 Å². The van der Waals surface area contributed by atoms with Crippen LogP contribution in [0.1, 0.15) is 25.8 Å². The Labute approximate surface area is 117 Å². The van der Waals surface area contributed by atoms with Crippen LogP contribution in [-0.4, -0.2) is 43.2 Å². The molecule has 1 aliphatic heterocycles. The molecule has 19 heavy (non-hydrogen) atoms. The molecule has 3 heteroatoms. The van der Waals surface area contributed by atoms with E-state index in [1.165, 1.54) is 17.7 Å². The van der Waals surface area contributed by atoms with Crippen molar-refractivity contribution in [1.29, 1.82) is 0 Å². The van der Waals surface area contributed by atoms with Crippen LogP contribution < -0.4 is 10.6 Å². The van der Waals surface area contributed by atoms with E-state index in [1.807, 2.05) is 0 Å². The molecule has 0 spiro atoms. The second-order valence-electron chi connectivity index (χ2n) is 6.09. The van der Waals surface area contributed by atoms with Crippen molar-refractivity contribution in [3.8, 4) is 0 Å². The molecular formula is C16H27N3. The number of nitrogens with one attached hydrogen (secondary N) is 2. The lowest BCUT2D eigenvalue weighted by atomic mass is 9.97. The summed E-state index contributed by atoms with van der Waals surface area (Å²) in [4.78, 5) is 2.60. The van der Waals surface area contributed by atoms with Gasteiger partial charge in [0, 0.05) is 44.0 Å². The molecule has 2 rings (SSSR count). The fraction of sp³-hybridized carbons (Fsp3) is 0.625. The van der Waals surface area contributed by atoms with Crippen LogP contribution in [0.3, 0.4) is 0 Å². The average molecular weight is 261 g/mol. The molecule has 0 atom stereocenters. The first kappa shape index (κ1) is 14.4. The fourth-order valence-electron chi connectivity index (χ4n) is 2.61. The molecule has 1 aliphatic rings. The van der Waals surface area contributed by atoms with Crippen LogP contribution in [0.25, 0.3) is 0 Å². The standard InChI is InChI=1S/C16H27N3/c1-14-4-6-15(7-5-14)18-9-8-16(2,3)19-12-10-17-11-13-19/h4-7,17-18H,8-13H2,1-3H3. The van der Waals surface area contributed by atoms with Crippen LogP contribution in [0.5, 0.6) is 0 Å². The predicted molar refractivity (Wildman–Crippen MR) is 82.8 cm³/mol. The fourth-order valence-corrected chi connectivity index (χ4v) is 2.61. The zero-order chi connectivity index (χ0) is 13.7. The Morgan fingerprint density at radius 2 is 1.79 bits per heavy atom. The Morgan fingerprint density at radius 3 is 2.42 bits per heavy atom. The molecule has 0 bridgehead atoms. The minimum absolute atomic E-state index is 0.278. The Kier molecular flexibility index (Phi) is 4.83. The lowest BCUT2D eigenvalue weighted by Crippen LogP contribution is -2.53. The van der Waals surface area contributed by atoms with Crippen molar-refractivity contribution in [2.75, 3.05) is 38.0 Å². The van der Waals surface area contributed by atoms with Crippen molar-refractivity contribution < 1.29 is 0 Å². The van der Waals surface area contributed by atoms with Gasteiger partial charge in [-0.2, -0.15) is 0 Å². The Hall–Kier alpha value is -1.06. The Bertz CT molecular complexity index is 377. The number of hydrogen-bond donors (Lipinski definition) is 2. The summed E-state index contributed by atoms with van der Waals surface area (Å²) >= 11 is 0. The highest BCUT2D eigenvalue weighted by atomic mass is 15.2. The molecule has 0 saturated carbocycles. The number of aryl methyl sites for hydroxylation is 1. The lowest BCUT2D eigenvalue weighted by Gasteiger charge is -2.41. The molecule has 0 amide bonds. The molecule has 0 radical (unpaired) electrons. The molecule has 106 valence electrons. The molecule has 1 heterocycles. The van der Waals surface area contributed by atoms with Gasteiger partial charge in [-0.25, -0.2) is 0 Å². The minimum atomic E-state index is 0.278. The van der Waals surface area contributed by atoms with Gasteiger partial charge in [0.25, 0.3) is 0 Å². The predicted octanol–water partition coefficient (Wildman–Crippen LogP) is 2.48. The van der Waals surface area contributed by atoms with E-state index in [1.54, 1.807) is 0 Å². The zero-order valence-electron chi connectivity index (χ0n) is 12.5. The minimum Gasteiger partial charge on any atom is -0.385 e. The summed E-state index contributed by atoms with van der Waals surface area (Å²) in [5.41, 5.74) is 2.81. The molecular weight excluding hydrogens is 234 g/mol. The first-order chi connectivity index (χ1) is 9.08. The van der Waals surface area contributed by atoms with Gasteiger partial charge < -0.3 is 10.6 Å². The number of benzene rings is 1. The van der Waals surface area contributed by atoms with Crippen LogP contribution >= 0.6 is 0 Å². The van der Waals surface area contributed by atoms with Crippen LogP contribution in [-0.2, 0) is 0 Å². The summed E-state index contributed by atoms with van der Waals surface area (Å²) in [7, 11) is 0. The second kappa shape index (κ2) is 6.40. The summed E-state index contributed by atoms with van der Waals surface area (Å²) in [5, 5.41) is 6.94. The number of hydrogen-bond acceptors (Lipinski definition) is 3. The van der Waals surface area contributed by atoms with Crippen molar-refractivity contribution in [3.05, 3.63) is 29.8 Å². The first-order valence-electron chi connectivity index (χ1n) is 7.34. The SMILES string of the molecule is Cc1ccc(NCCC(C)(C)N2CCNCC2)cc1. The van der Waals surface area contributed by atoms with Gasteiger partial charge >= 0.3 is 0 Å². The number of nitrogens with zero attached hydrogens (tertiary/aromatic N) is 1. The smallest absolute Gasteiger partial charge is 0.0340 e. The molecule has 3 nitrogen and oxygen atoms in total. The molecule has 1 fully saturated rings. The van der Waals surface area contributed by atoms with E-state index in [0.29, 0.717) is 0 Å². The Balaban J connectivity index is 1.78. The van der Waals surface area contributed by atoms with Crippen molar-refractivity contribution >= 4 is 5.69 Å². The normalized spacial score (nSPS) is 17.4. The average Bonchev–Trinajstić information content (AvgIpc) is 2.42. The van der Waals surface area contributed by atoms with E-state index in [4.69, 9.17) is 0 Å². The van der Waals surface area contributed by atoms with Gasteiger partial charge in [0.1, 0.15) is 0 Å². The summed E-state index contributed by atoms with van der Waals surface area (Å²) in [6.07, 6.45) is 1.17. The van der Waals surface area contributed by atoms with Crippen molar-refractivity contribution in [2.24, 2.45) is 0 Å². The monoisotopic (exact) mass is 261 g/mol. The van der Waals surface area contributed by atoms with E-state index in [-0.39, 0.29) is 5.54 Å². The van der Waals surface area contributed by atoms with Crippen LogP contribution in [0.2, 0.25) is 0 Å². The van der Waals surface area contributed by atoms with Crippen molar-refractivity contribution in [1.82, 2.24) is 10.2 Å². The van der Waals surface area contributed by atoms with E-state index >= 15 is 0 Å². The highest BCUT2D eigenvalue weighted by Crippen LogP contribution is 2.19. The maximum absolute atomic E-state index is 3.52. The van der Waals surface area contributed by atoms with Crippen LogP contribution in [0.15, 0.2) is 24.3 Å². The van der Waals surface area contributed by atoms with E-state index < -0.39 is 0 Å². The molecule has 2 N–H and O–H groups in total. The third kappa shape index (κ3) is 4.22. The summed E-state index contributed by atoms with van der Waals surface area (Å²) in [6.45, 7) is 12.4. The van der Waals surface area contributed by atoms with Gasteiger partial charge in [0.2, 0.25) is 0 Å². The largest absolute Gasteiger partial charge is 0.385 e. The molecule has 1 aromatic rings. The van der Waals surface area contributed by atoms with Gasteiger partial charge in [0.05, 0.1) is 0 Å². The number of piperazine rings is 1. The highest BCUT2D eigenvalue weighted by molar-refractivity contribution is 5.44. The summed E-state index contributed by atoms with van der Waals surface area (Å²) in [5.74, 6) is 0. The van der Waals surface area contributed by atoms with Crippen molar-refractivity contribution in [2.45, 2.75) is 32.7 Å². The molecule has 0 aliphatic carbocycles. The number of anilines is 1. The van der Waals surface area contributed by atoms with Gasteiger partial charge in [-0.1, -0.05) is 17.7 Å². The van der Waals surface area contributed by atoms with Gasteiger partial charge in [-0.3, -0.25) is 4.90 Å². The zero-order valence-corrected chi connectivity index (χ0v) is 12.5. The maximum Gasteiger partial charge on any atom is 0.0340 e. The van der Waals surface area contributed by atoms with E-state index in [2.05, 4.69) is 60.6 Å². The maximum atomic E-state index is 3.52. The van der Waals surface area contributed by atoms with E-state index in [9.17, 15) is 0 Å². The van der Waals surface area contributed by atoms with E-state index in [0.717, 1.165) is 32.7 Å². The van der Waals surface area contributed by atoms with Crippen molar-refractivity contribution in [3.63, 3.8) is 0 Å². The second-order valence-corrected chi connectivity index (χ2v) is 6.09. The molecule has 1 aromatic carbocycles. The first-order valence-corrected chi connectivity index (χ1v) is 7.34.